The van der Waals surface area contributed by atoms with Gasteiger partial charge in [-0.15, -0.1) is 0 Å². The highest BCUT2D eigenvalue weighted by Crippen LogP contribution is 2.15. The number of ether oxygens (including phenoxy) is 2. The second-order valence-corrected chi connectivity index (χ2v) is 6.85. The van der Waals surface area contributed by atoms with E-state index >= 15 is 0 Å². The first-order valence-electron chi connectivity index (χ1n) is 10.6. The molecule has 0 amide bonds. The minimum Gasteiger partial charge on any atom is -0.497 e. The number of hydrogen-bond acceptors (Lipinski definition) is 3. The molecule has 0 saturated carbocycles. The fourth-order valence-electron chi connectivity index (χ4n) is 3.17. The van der Waals surface area contributed by atoms with Crippen molar-refractivity contribution in [1.29, 1.82) is 0 Å². The van der Waals surface area contributed by atoms with Gasteiger partial charge in [0.25, 0.3) is 0 Å². The highest BCUT2D eigenvalue weighted by atomic mass is 16.5. The zero-order valence-corrected chi connectivity index (χ0v) is 18.5. The van der Waals surface area contributed by atoms with Crippen molar-refractivity contribution < 1.29 is 14.3 Å². The molecule has 3 nitrogen and oxygen atoms in total. The van der Waals surface area contributed by atoms with Crippen LogP contribution in [0.1, 0.15) is 46.5 Å². The van der Waals surface area contributed by atoms with E-state index in [9.17, 15) is 4.79 Å². The number of methoxy groups -OCH3 is 2. The van der Waals surface area contributed by atoms with E-state index in [1.165, 1.54) is 29.4 Å². The van der Waals surface area contributed by atoms with Gasteiger partial charge in [0.2, 0.25) is 0 Å². The standard InChI is InChI=1S/C25H26O3.C2H6/c1-27-24-17-13-22(14-18-24)10-8-20-5-3-19(4-6-20)7-9-21-11-15-23(16-12-21)25(26)28-2;1-2/h3-6,11-18H,7-10H2,1-2H3;1-2H3. The number of aryl methyl sites for hydroxylation is 4. The van der Waals surface area contributed by atoms with Crippen LogP contribution in [0.25, 0.3) is 0 Å². The maximum Gasteiger partial charge on any atom is 0.337 e. The quantitative estimate of drug-likeness (QED) is 0.427. The molecule has 0 aromatic heterocycles. The predicted octanol–water partition coefficient (Wildman–Crippen LogP) is 6.08. The summed E-state index contributed by atoms with van der Waals surface area (Å²) in [6.45, 7) is 4.00. The third-order valence-electron chi connectivity index (χ3n) is 4.96. The zero-order valence-electron chi connectivity index (χ0n) is 18.5. The van der Waals surface area contributed by atoms with Crippen molar-refractivity contribution in [1.82, 2.24) is 0 Å². The summed E-state index contributed by atoms with van der Waals surface area (Å²) >= 11 is 0. The summed E-state index contributed by atoms with van der Waals surface area (Å²) in [4.78, 5) is 11.5. The van der Waals surface area contributed by atoms with E-state index in [0.29, 0.717) is 5.56 Å². The Bertz CT molecular complexity index is 879. The van der Waals surface area contributed by atoms with Gasteiger partial charge >= 0.3 is 5.97 Å². The SMILES string of the molecule is CC.COC(=O)c1ccc(CCc2ccc(CCc3ccc(OC)cc3)cc2)cc1. The molecule has 0 heterocycles. The molecule has 0 aliphatic heterocycles. The minimum absolute atomic E-state index is 0.295. The highest BCUT2D eigenvalue weighted by molar-refractivity contribution is 5.89. The fourth-order valence-corrected chi connectivity index (χ4v) is 3.17. The largest absolute Gasteiger partial charge is 0.497 e. The molecule has 30 heavy (non-hydrogen) atoms. The van der Waals surface area contributed by atoms with Crippen LogP contribution in [-0.4, -0.2) is 20.2 Å². The molecule has 3 heteroatoms. The van der Waals surface area contributed by atoms with Gasteiger partial charge in [-0.05, 0) is 72.2 Å². The molecule has 3 aromatic rings. The van der Waals surface area contributed by atoms with Gasteiger partial charge in [0.1, 0.15) is 5.75 Å². The normalized spacial score (nSPS) is 10.0. The topological polar surface area (TPSA) is 35.5 Å². The molecule has 0 radical (unpaired) electrons. The summed E-state index contributed by atoms with van der Waals surface area (Å²) in [6, 6.07) is 24.8. The van der Waals surface area contributed by atoms with E-state index in [0.717, 1.165) is 31.4 Å². The van der Waals surface area contributed by atoms with Gasteiger partial charge in [-0.2, -0.15) is 0 Å². The van der Waals surface area contributed by atoms with Gasteiger partial charge < -0.3 is 9.47 Å². The second-order valence-electron chi connectivity index (χ2n) is 6.85. The van der Waals surface area contributed by atoms with E-state index < -0.39 is 0 Å². The van der Waals surface area contributed by atoms with Crippen LogP contribution in [0.5, 0.6) is 5.75 Å². The first kappa shape index (κ1) is 23.2. The Kier molecular flexibility index (Phi) is 9.66. The van der Waals surface area contributed by atoms with Gasteiger partial charge in [-0.1, -0.05) is 62.4 Å². The molecule has 0 aliphatic carbocycles. The first-order chi connectivity index (χ1) is 14.7. The summed E-state index contributed by atoms with van der Waals surface area (Å²) in [5, 5.41) is 0. The number of carbonyl (C=O) groups excluding carboxylic acids is 1. The average molecular weight is 405 g/mol. The fraction of sp³-hybridized carbons (Fsp3) is 0.296. The Morgan fingerprint density at radius 3 is 1.27 bits per heavy atom. The van der Waals surface area contributed by atoms with E-state index in [1.54, 1.807) is 7.11 Å². The molecule has 0 atom stereocenters. The summed E-state index contributed by atoms with van der Waals surface area (Å²) < 4.78 is 9.93. The molecular weight excluding hydrogens is 372 g/mol. The molecule has 0 bridgehead atoms. The Hall–Kier alpha value is -3.07. The third kappa shape index (κ3) is 7.07. The number of benzene rings is 3. The predicted molar refractivity (Wildman–Crippen MR) is 123 cm³/mol. The number of hydrogen-bond donors (Lipinski definition) is 0. The van der Waals surface area contributed by atoms with Crippen LogP contribution in [0.3, 0.4) is 0 Å². The Morgan fingerprint density at radius 1 is 0.600 bits per heavy atom. The lowest BCUT2D eigenvalue weighted by molar-refractivity contribution is 0.0600. The van der Waals surface area contributed by atoms with Crippen LogP contribution in [0.4, 0.5) is 0 Å². The Balaban J connectivity index is 0.00000155. The van der Waals surface area contributed by atoms with Crippen molar-refractivity contribution in [2.75, 3.05) is 14.2 Å². The Morgan fingerprint density at radius 2 is 0.933 bits per heavy atom. The molecule has 3 rings (SSSR count). The van der Waals surface area contributed by atoms with Crippen molar-refractivity contribution in [3.63, 3.8) is 0 Å². The number of esters is 1. The van der Waals surface area contributed by atoms with Crippen LogP contribution in [0, 0.1) is 0 Å². The summed E-state index contributed by atoms with van der Waals surface area (Å²) in [5.74, 6) is 0.602. The molecule has 0 aliphatic rings. The van der Waals surface area contributed by atoms with Crippen molar-refractivity contribution in [2.45, 2.75) is 39.5 Å². The van der Waals surface area contributed by atoms with Crippen LogP contribution in [-0.2, 0) is 30.4 Å². The maximum atomic E-state index is 11.5. The van der Waals surface area contributed by atoms with Crippen molar-refractivity contribution in [3.05, 3.63) is 101 Å². The summed E-state index contributed by atoms with van der Waals surface area (Å²) in [6.07, 6.45) is 3.99. The lowest BCUT2D eigenvalue weighted by Gasteiger charge is -2.07. The molecule has 0 unspecified atom stereocenters. The molecule has 3 aromatic carbocycles. The molecule has 158 valence electrons. The number of carbonyl (C=O) groups is 1. The van der Waals surface area contributed by atoms with Crippen LogP contribution in [0.2, 0.25) is 0 Å². The molecule has 0 fully saturated rings. The van der Waals surface area contributed by atoms with Crippen molar-refractivity contribution >= 4 is 5.97 Å². The van der Waals surface area contributed by atoms with E-state index in [4.69, 9.17) is 9.47 Å². The van der Waals surface area contributed by atoms with Gasteiger partial charge in [0.05, 0.1) is 19.8 Å². The van der Waals surface area contributed by atoms with Crippen molar-refractivity contribution in [2.24, 2.45) is 0 Å². The van der Waals surface area contributed by atoms with E-state index in [2.05, 4.69) is 36.4 Å². The minimum atomic E-state index is -0.295. The van der Waals surface area contributed by atoms with E-state index in [-0.39, 0.29) is 5.97 Å². The zero-order chi connectivity index (χ0) is 21.8. The molecular formula is C27H32O3. The average Bonchev–Trinajstić information content (AvgIpc) is 2.83. The maximum absolute atomic E-state index is 11.5. The van der Waals surface area contributed by atoms with Gasteiger partial charge in [0.15, 0.2) is 0 Å². The van der Waals surface area contributed by atoms with Gasteiger partial charge in [-0.25, -0.2) is 4.79 Å². The summed E-state index contributed by atoms with van der Waals surface area (Å²) in [5.41, 5.74) is 5.80. The monoisotopic (exact) mass is 404 g/mol. The first-order valence-corrected chi connectivity index (χ1v) is 10.6. The molecule has 0 saturated heterocycles. The lowest BCUT2D eigenvalue weighted by Crippen LogP contribution is -2.01. The van der Waals surface area contributed by atoms with Gasteiger partial charge in [-0.3, -0.25) is 0 Å². The molecule has 0 N–H and O–H groups in total. The summed E-state index contributed by atoms with van der Waals surface area (Å²) in [7, 11) is 3.09. The van der Waals surface area contributed by atoms with Crippen LogP contribution in [0.15, 0.2) is 72.8 Å². The van der Waals surface area contributed by atoms with Gasteiger partial charge in [0, 0.05) is 0 Å². The number of rotatable bonds is 8. The highest BCUT2D eigenvalue weighted by Gasteiger charge is 2.04. The lowest BCUT2D eigenvalue weighted by atomic mass is 10.00. The van der Waals surface area contributed by atoms with Crippen LogP contribution < -0.4 is 4.74 Å². The third-order valence-corrected chi connectivity index (χ3v) is 4.96. The second kappa shape index (κ2) is 12.5. The van der Waals surface area contributed by atoms with Crippen LogP contribution >= 0.6 is 0 Å². The van der Waals surface area contributed by atoms with E-state index in [1.807, 2.05) is 50.2 Å². The van der Waals surface area contributed by atoms with Crippen molar-refractivity contribution in [3.8, 4) is 5.75 Å². The Labute approximate surface area is 180 Å². The smallest absolute Gasteiger partial charge is 0.337 e. The molecule has 0 spiro atoms.